The van der Waals surface area contributed by atoms with E-state index in [-0.39, 0.29) is 11.9 Å². The molecular weight excluding hydrogens is 294 g/mol. The number of hydrogen-bond donors (Lipinski definition) is 2. The van der Waals surface area contributed by atoms with Gasteiger partial charge in [-0.3, -0.25) is 4.79 Å². The lowest BCUT2D eigenvalue weighted by atomic mass is 10.2. The van der Waals surface area contributed by atoms with E-state index in [9.17, 15) is 9.59 Å². The van der Waals surface area contributed by atoms with Crippen molar-refractivity contribution in [1.82, 2.24) is 5.32 Å². The maximum Gasteiger partial charge on any atom is 0.328 e. The van der Waals surface area contributed by atoms with Crippen LogP contribution in [0.15, 0.2) is 18.2 Å². The predicted molar refractivity (Wildman–Crippen MR) is 85.5 cm³/mol. The third-order valence-electron chi connectivity index (χ3n) is 2.52. The first kappa shape index (κ1) is 16.8. The van der Waals surface area contributed by atoms with Crippen molar-refractivity contribution < 1.29 is 14.7 Å². The van der Waals surface area contributed by atoms with Crippen molar-refractivity contribution in [3.8, 4) is 0 Å². The van der Waals surface area contributed by atoms with E-state index in [0.29, 0.717) is 4.88 Å². The first-order chi connectivity index (χ1) is 9.52. The Bertz CT molecular complexity index is 483. The molecule has 0 saturated carbocycles. The van der Waals surface area contributed by atoms with Crippen LogP contribution in [-0.2, 0) is 4.79 Å². The summed E-state index contributed by atoms with van der Waals surface area (Å²) in [4.78, 5) is 23.8. The highest BCUT2D eigenvalue weighted by Crippen LogP contribution is 2.18. The van der Waals surface area contributed by atoms with Crippen molar-refractivity contribution in [3.63, 3.8) is 0 Å². The fourth-order valence-corrected chi connectivity index (χ4v) is 3.11. The Balaban J connectivity index is 2.49. The molecule has 4 nitrogen and oxygen atoms in total. The van der Waals surface area contributed by atoms with E-state index in [0.717, 1.165) is 28.9 Å². The molecule has 0 aromatic carbocycles. The molecule has 0 aliphatic carbocycles. The average molecular weight is 313 g/mol. The first-order valence-corrected chi connectivity index (χ1v) is 8.39. The van der Waals surface area contributed by atoms with Crippen molar-refractivity contribution in [1.29, 1.82) is 0 Å². The van der Waals surface area contributed by atoms with Crippen LogP contribution >= 0.6 is 23.1 Å². The van der Waals surface area contributed by atoms with Crippen molar-refractivity contribution in [2.24, 2.45) is 0 Å². The SMILES string of the molecule is CCSCCC(C)NC(=O)c1ccc(/C=C/C(=O)O)s1. The van der Waals surface area contributed by atoms with Crippen LogP contribution in [0.1, 0.15) is 34.8 Å². The minimum Gasteiger partial charge on any atom is -0.478 e. The fraction of sp³-hybridized carbons (Fsp3) is 0.429. The van der Waals surface area contributed by atoms with E-state index in [2.05, 4.69) is 12.2 Å². The minimum atomic E-state index is -0.994. The molecule has 1 rings (SSSR count). The highest BCUT2D eigenvalue weighted by Gasteiger charge is 2.11. The van der Waals surface area contributed by atoms with Crippen LogP contribution in [0.3, 0.4) is 0 Å². The van der Waals surface area contributed by atoms with Crippen LogP contribution < -0.4 is 5.32 Å². The lowest BCUT2D eigenvalue weighted by Crippen LogP contribution is -2.32. The van der Waals surface area contributed by atoms with E-state index < -0.39 is 5.97 Å². The zero-order chi connectivity index (χ0) is 15.0. The molecule has 0 bridgehead atoms. The summed E-state index contributed by atoms with van der Waals surface area (Å²) in [6.45, 7) is 4.11. The van der Waals surface area contributed by atoms with Crippen molar-refractivity contribution in [2.45, 2.75) is 26.3 Å². The molecule has 1 aromatic rings. The summed E-state index contributed by atoms with van der Waals surface area (Å²) in [7, 11) is 0. The van der Waals surface area contributed by atoms with Crippen LogP contribution in [0.25, 0.3) is 6.08 Å². The number of nitrogens with one attached hydrogen (secondary N) is 1. The van der Waals surface area contributed by atoms with Gasteiger partial charge in [-0.2, -0.15) is 11.8 Å². The summed E-state index contributed by atoms with van der Waals surface area (Å²) in [6, 6.07) is 3.60. The Labute approximate surface area is 127 Å². The van der Waals surface area contributed by atoms with Crippen molar-refractivity contribution >= 4 is 41.1 Å². The van der Waals surface area contributed by atoms with Crippen molar-refractivity contribution in [3.05, 3.63) is 28.0 Å². The highest BCUT2D eigenvalue weighted by molar-refractivity contribution is 7.99. The van der Waals surface area contributed by atoms with Crippen LogP contribution in [0.5, 0.6) is 0 Å². The number of carboxylic acids is 1. The molecule has 1 unspecified atom stereocenters. The summed E-state index contributed by atoms with van der Waals surface area (Å²) in [5.74, 6) is 1.03. The highest BCUT2D eigenvalue weighted by atomic mass is 32.2. The second-order valence-electron chi connectivity index (χ2n) is 4.23. The van der Waals surface area contributed by atoms with E-state index in [1.165, 1.54) is 17.4 Å². The van der Waals surface area contributed by atoms with Gasteiger partial charge in [-0.25, -0.2) is 4.79 Å². The standard InChI is InChI=1S/C14H19NO3S2/c1-3-19-9-8-10(2)15-14(18)12-6-4-11(20-12)5-7-13(16)17/h4-7,10H,3,8-9H2,1-2H3,(H,15,18)(H,16,17)/b7-5+. The molecule has 6 heteroatoms. The average Bonchev–Trinajstić information content (AvgIpc) is 2.85. The zero-order valence-corrected chi connectivity index (χ0v) is 13.2. The first-order valence-electron chi connectivity index (χ1n) is 6.42. The molecule has 20 heavy (non-hydrogen) atoms. The smallest absolute Gasteiger partial charge is 0.328 e. The summed E-state index contributed by atoms with van der Waals surface area (Å²) in [5.41, 5.74) is 0. The van der Waals surface area contributed by atoms with Crippen LogP contribution in [0.4, 0.5) is 0 Å². The summed E-state index contributed by atoms with van der Waals surface area (Å²) in [6.07, 6.45) is 3.50. The number of thiophene rings is 1. The van der Waals surface area contributed by atoms with E-state index in [1.807, 2.05) is 18.7 Å². The Morgan fingerprint density at radius 3 is 2.90 bits per heavy atom. The molecule has 0 fully saturated rings. The van der Waals surface area contributed by atoms with Crippen LogP contribution in [-0.4, -0.2) is 34.5 Å². The third-order valence-corrected chi connectivity index (χ3v) is 4.50. The normalized spacial score (nSPS) is 12.5. The lowest BCUT2D eigenvalue weighted by Gasteiger charge is -2.12. The van der Waals surface area contributed by atoms with Gasteiger partial charge in [0.05, 0.1) is 4.88 Å². The maximum atomic E-state index is 12.0. The monoisotopic (exact) mass is 313 g/mol. The summed E-state index contributed by atoms with van der Waals surface area (Å²) in [5, 5.41) is 11.5. The number of hydrogen-bond acceptors (Lipinski definition) is 4. The van der Waals surface area contributed by atoms with Crippen LogP contribution in [0.2, 0.25) is 0 Å². The van der Waals surface area contributed by atoms with Gasteiger partial charge in [-0.1, -0.05) is 6.92 Å². The van der Waals surface area contributed by atoms with Gasteiger partial charge in [0.2, 0.25) is 0 Å². The molecule has 0 radical (unpaired) electrons. The Hall–Kier alpha value is -1.27. The largest absolute Gasteiger partial charge is 0.478 e. The van der Waals surface area contributed by atoms with Gasteiger partial charge >= 0.3 is 5.97 Å². The third kappa shape index (κ3) is 6.25. The quantitative estimate of drug-likeness (QED) is 0.572. The number of carbonyl (C=O) groups excluding carboxylic acids is 1. The van der Waals surface area contributed by atoms with Gasteiger partial charge in [-0.05, 0) is 43.1 Å². The van der Waals surface area contributed by atoms with Crippen LogP contribution in [0, 0.1) is 0 Å². The number of amides is 1. The molecule has 1 amide bonds. The summed E-state index contributed by atoms with van der Waals surface area (Å²) < 4.78 is 0. The fourth-order valence-electron chi connectivity index (χ4n) is 1.49. The molecule has 0 aliphatic rings. The Morgan fingerprint density at radius 1 is 1.50 bits per heavy atom. The maximum absolute atomic E-state index is 12.0. The molecule has 1 atom stereocenters. The van der Waals surface area contributed by atoms with Gasteiger partial charge in [0.15, 0.2) is 0 Å². The zero-order valence-electron chi connectivity index (χ0n) is 11.6. The van der Waals surface area contributed by atoms with Gasteiger partial charge < -0.3 is 10.4 Å². The van der Waals surface area contributed by atoms with E-state index in [4.69, 9.17) is 5.11 Å². The number of carbonyl (C=O) groups is 2. The van der Waals surface area contributed by atoms with Gasteiger partial charge in [0, 0.05) is 17.0 Å². The molecule has 1 heterocycles. The van der Waals surface area contributed by atoms with E-state index in [1.54, 1.807) is 12.1 Å². The second-order valence-corrected chi connectivity index (χ2v) is 6.74. The molecular formula is C14H19NO3S2. The van der Waals surface area contributed by atoms with Gasteiger partial charge in [-0.15, -0.1) is 11.3 Å². The molecule has 0 spiro atoms. The van der Waals surface area contributed by atoms with Gasteiger partial charge in [0.25, 0.3) is 5.91 Å². The predicted octanol–water partition coefficient (Wildman–Crippen LogP) is 3.11. The number of aliphatic carboxylic acids is 1. The Kier molecular flexibility index (Phi) is 7.40. The molecule has 1 aromatic heterocycles. The number of thioether (sulfide) groups is 1. The number of carboxylic acid groups (broad SMARTS) is 1. The molecule has 2 N–H and O–H groups in total. The number of rotatable bonds is 8. The molecule has 110 valence electrons. The Morgan fingerprint density at radius 2 is 2.25 bits per heavy atom. The topological polar surface area (TPSA) is 66.4 Å². The molecule has 0 saturated heterocycles. The second kappa shape index (κ2) is 8.81. The molecule has 0 aliphatic heterocycles. The van der Waals surface area contributed by atoms with Crippen molar-refractivity contribution in [2.75, 3.05) is 11.5 Å². The minimum absolute atomic E-state index is 0.0982. The van der Waals surface area contributed by atoms with Gasteiger partial charge in [0.1, 0.15) is 0 Å². The summed E-state index contributed by atoms with van der Waals surface area (Å²) >= 11 is 3.15. The van der Waals surface area contributed by atoms with E-state index >= 15 is 0 Å². The lowest BCUT2D eigenvalue weighted by molar-refractivity contribution is -0.131.